The minimum Gasteiger partial charge on any atom is -0.157 e. The highest BCUT2D eigenvalue weighted by molar-refractivity contribution is 8.01. The third-order valence-corrected chi connectivity index (χ3v) is 6.90. The summed E-state index contributed by atoms with van der Waals surface area (Å²) in [6.45, 7) is 4.59. The molecule has 0 aromatic rings. The predicted octanol–water partition coefficient (Wildman–Crippen LogP) is 10.9. The maximum atomic E-state index is 2.46. The van der Waals surface area contributed by atoms with Crippen LogP contribution in [0.5, 0.6) is 0 Å². The number of rotatable bonds is 25. The van der Waals surface area contributed by atoms with Crippen molar-refractivity contribution in [3.8, 4) is 0 Å². The van der Waals surface area contributed by atoms with E-state index in [0.717, 1.165) is 0 Å². The summed E-state index contributed by atoms with van der Waals surface area (Å²) in [4.78, 5) is 0. The summed E-state index contributed by atoms with van der Waals surface area (Å²) < 4.78 is 0. The van der Waals surface area contributed by atoms with E-state index >= 15 is 0 Å². The molecule has 0 amide bonds. The average Bonchev–Trinajstić information content (AvgIpc) is 2.71. The molecule has 0 heterocycles. The van der Waals surface area contributed by atoms with Crippen LogP contribution in [-0.4, -0.2) is 5.75 Å². The second kappa shape index (κ2) is 27.4. The van der Waals surface area contributed by atoms with Gasteiger partial charge in [-0.05, 0) is 18.6 Å². The SMILES string of the molecule is CCCCCCCCCCCCCCCCCCCCC[CH]SCCCCC. The lowest BCUT2D eigenvalue weighted by molar-refractivity contribution is 0.523. The summed E-state index contributed by atoms with van der Waals surface area (Å²) in [7, 11) is 0. The van der Waals surface area contributed by atoms with Crippen molar-refractivity contribution in [1.82, 2.24) is 0 Å². The van der Waals surface area contributed by atoms with Crippen molar-refractivity contribution in [3.05, 3.63) is 5.75 Å². The summed E-state index contributed by atoms with van der Waals surface area (Å²) >= 11 is 2.06. The molecule has 0 fully saturated rings. The molecule has 0 unspecified atom stereocenters. The van der Waals surface area contributed by atoms with Crippen LogP contribution in [-0.2, 0) is 0 Å². The minimum atomic E-state index is 1.33. The van der Waals surface area contributed by atoms with Crippen LogP contribution in [0.1, 0.15) is 162 Å². The van der Waals surface area contributed by atoms with E-state index in [1.54, 1.807) is 0 Å². The number of hydrogen-bond donors (Lipinski definition) is 0. The van der Waals surface area contributed by atoms with Crippen molar-refractivity contribution < 1.29 is 0 Å². The standard InChI is InChI=1S/C27H55S/c1-3-5-7-8-9-10-11-12-13-14-15-16-17-18-19-20-21-22-23-25-27-28-26-24-6-4-2/h27H,3-26H2,1-2H3. The molecular formula is C27H55S. The minimum absolute atomic E-state index is 1.33. The van der Waals surface area contributed by atoms with Gasteiger partial charge in [-0.25, -0.2) is 0 Å². The maximum absolute atomic E-state index is 2.46. The zero-order chi connectivity index (χ0) is 20.4. The van der Waals surface area contributed by atoms with Crippen molar-refractivity contribution in [3.63, 3.8) is 0 Å². The highest BCUT2D eigenvalue weighted by Gasteiger charge is 1.96. The number of hydrogen-bond acceptors (Lipinski definition) is 1. The summed E-state index contributed by atoms with van der Waals surface area (Å²) in [5.74, 6) is 3.80. The summed E-state index contributed by atoms with van der Waals surface area (Å²) in [5.41, 5.74) is 0. The molecule has 0 aliphatic carbocycles. The largest absolute Gasteiger partial charge is 0.157 e. The zero-order valence-corrected chi connectivity index (χ0v) is 20.8. The van der Waals surface area contributed by atoms with Crippen molar-refractivity contribution in [1.29, 1.82) is 0 Å². The first-order chi connectivity index (χ1) is 13.9. The Labute approximate surface area is 184 Å². The van der Waals surface area contributed by atoms with Crippen LogP contribution in [0.25, 0.3) is 0 Å². The Hall–Kier alpha value is 0.350. The molecule has 0 saturated heterocycles. The van der Waals surface area contributed by atoms with Crippen LogP contribution >= 0.6 is 11.8 Å². The Kier molecular flexibility index (Phi) is 27.7. The molecule has 0 aromatic heterocycles. The molecule has 0 rings (SSSR count). The third-order valence-electron chi connectivity index (χ3n) is 5.91. The fourth-order valence-electron chi connectivity index (χ4n) is 3.91. The molecule has 1 heteroatoms. The predicted molar refractivity (Wildman–Crippen MR) is 134 cm³/mol. The third kappa shape index (κ3) is 26.4. The number of thioether (sulfide) groups is 1. The smallest absolute Gasteiger partial charge is 0.0166 e. The number of unbranched alkanes of at least 4 members (excludes halogenated alkanes) is 21. The van der Waals surface area contributed by atoms with Gasteiger partial charge in [0.25, 0.3) is 0 Å². The molecule has 0 aliphatic rings. The maximum Gasteiger partial charge on any atom is 0.0166 e. The molecule has 169 valence electrons. The molecule has 1 radical (unpaired) electrons. The van der Waals surface area contributed by atoms with E-state index in [1.165, 1.54) is 153 Å². The lowest BCUT2D eigenvalue weighted by Gasteiger charge is -2.04. The Bertz CT molecular complexity index is 225. The first-order valence-electron chi connectivity index (χ1n) is 13.3. The quantitative estimate of drug-likeness (QED) is 0.135. The van der Waals surface area contributed by atoms with Crippen LogP contribution in [0.4, 0.5) is 0 Å². The summed E-state index contributed by atoms with van der Waals surface area (Å²) in [6, 6.07) is 0. The van der Waals surface area contributed by atoms with Gasteiger partial charge < -0.3 is 0 Å². The van der Waals surface area contributed by atoms with Gasteiger partial charge in [0.05, 0.1) is 0 Å². The molecule has 0 atom stereocenters. The van der Waals surface area contributed by atoms with Crippen molar-refractivity contribution in [2.75, 3.05) is 5.75 Å². The van der Waals surface area contributed by atoms with E-state index in [1.807, 2.05) is 0 Å². The fourth-order valence-corrected chi connectivity index (χ4v) is 4.78. The lowest BCUT2D eigenvalue weighted by Crippen LogP contribution is -1.84. The van der Waals surface area contributed by atoms with Crippen molar-refractivity contribution in [2.45, 2.75) is 162 Å². The first kappa shape index (κ1) is 28.4. The molecule has 0 spiro atoms. The van der Waals surface area contributed by atoms with Crippen LogP contribution < -0.4 is 0 Å². The van der Waals surface area contributed by atoms with Gasteiger partial charge in [0.1, 0.15) is 0 Å². The van der Waals surface area contributed by atoms with Gasteiger partial charge in [-0.2, -0.15) is 11.8 Å². The highest BCUT2D eigenvalue weighted by Crippen LogP contribution is 2.17. The van der Waals surface area contributed by atoms with Gasteiger partial charge in [0.2, 0.25) is 0 Å². The van der Waals surface area contributed by atoms with E-state index in [4.69, 9.17) is 0 Å². The molecule has 0 bridgehead atoms. The topological polar surface area (TPSA) is 0 Å². The molecule has 0 saturated carbocycles. The molecule has 0 aromatic carbocycles. The van der Waals surface area contributed by atoms with E-state index in [-0.39, 0.29) is 0 Å². The van der Waals surface area contributed by atoms with Gasteiger partial charge in [0.15, 0.2) is 0 Å². The van der Waals surface area contributed by atoms with Crippen LogP contribution in [0.3, 0.4) is 0 Å². The second-order valence-electron chi connectivity index (χ2n) is 8.90. The van der Waals surface area contributed by atoms with Crippen LogP contribution in [0.2, 0.25) is 0 Å². The molecule has 0 N–H and O–H groups in total. The fraction of sp³-hybridized carbons (Fsp3) is 0.963. The Morgan fingerprint density at radius 1 is 0.393 bits per heavy atom. The highest BCUT2D eigenvalue weighted by atomic mass is 32.2. The van der Waals surface area contributed by atoms with Gasteiger partial charge in [-0.3, -0.25) is 0 Å². The molecular weight excluding hydrogens is 356 g/mol. The Morgan fingerprint density at radius 2 is 0.714 bits per heavy atom. The van der Waals surface area contributed by atoms with Gasteiger partial charge >= 0.3 is 0 Å². The second-order valence-corrected chi connectivity index (χ2v) is 9.97. The monoisotopic (exact) mass is 411 g/mol. The molecule has 0 aliphatic heterocycles. The van der Waals surface area contributed by atoms with E-state index in [9.17, 15) is 0 Å². The van der Waals surface area contributed by atoms with E-state index in [0.29, 0.717) is 0 Å². The van der Waals surface area contributed by atoms with Crippen molar-refractivity contribution in [2.24, 2.45) is 0 Å². The van der Waals surface area contributed by atoms with Gasteiger partial charge in [0, 0.05) is 5.75 Å². The molecule has 0 nitrogen and oxygen atoms in total. The van der Waals surface area contributed by atoms with Gasteiger partial charge in [-0.1, -0.05) is 149 Å². The van der Waals surface area contributed by atoms with E-state index in [2.05, 4.69) is 31.4 Å². The van der Waals surface area contributed by atoms with Crippen LogP contribution in [0.15, 0.2) is 0 Å². The first-order valence-corrected chi connectivity index (χ1v) is 14.4. The van der Waals surface area contributed by atoms with Gasteiger partial charge in [-0.15, -0.1) is 0 Å². The van der Waals surface area contributed by atoms with Crippen molar-refractivity contribution >= 4 is 11.8 Å². The summed E-state index contributed by atoms with van der Waals surface area (Å²) in [5, 5.41) is 0. The zero-order valence-electron chi connectivity index (χ0n) is 20.0. The Morgan fingerprint density at radius 3 is 1.11 bits per heavy atom. The lowest BCUT2D eigenvalue weighted by atomic mass is 10.0. The normalized spacial score (nSPS) is 11.4. The average molecular weight is 412 g/mol. The van der Waals surface area contributed by atoms with E-state index < -0.39 is 0 Å². The molecule has 28 heavy (non-hydrogen) atoms. The Balaban J connectivity index is 2.96. The summed E-state index contributed by atoms with van der Waals surface area (Å²) in [6.07, 6.45) is 33.4. The van der Waals surface area contributed by atoms with Crippen LogP contribution in [0, 0.1) is 5.75 Å².